The molecule has 4 rings (SSSR count). The normalized spacial score (nSPS) is 10.8. The van der Waals surface area contributed by atoms with Crippen molar-refractivity contribution >= 4 is 22.6 Å². The highest BCUT2D eigenvalue weighted by Gasteiger charge is 2.08. The Bertz CT molecular complexity index is 1280. The van der Waals surface area contributed by atoms with Gasteiger partial charge in [0.25, 0.3) is 0 Å². The molecule has 0 saturated heterocycles. The molecule has 0 aliphatic rings. The van der Waals surface area contributed by atoms with E-state index >= 15 is 0 Å². The summed E-state index contributed by atoms with van der Waals surface area (Å²) in [7, 11) is 0. The monoisotopic (exact) mass is 442 g/mol. The van der Waals surface area contributed by atoms with E-state index in [0.29, 0.717) is 35.7 Å². The van der Waals surface area contributed by atoms with Crippen LogP contribution in [0, 0.1) is 10.8 Å². The Morgan fingerprint density at radius 2 is 1.39 bits per heavy atom. The predicted octanol–water partition coefficient (Wildman–Crippen LogP) is 4.91. The maximum absolute atomic E-state index is 7.56. The van der Waals surface area contributed by atoms with Crippen LogP contribution in [0.2, 0.25) is 0 Å². The summed E-state index contributed by atoms with van der Waals surface area (Å²) in [5, 5.41) is 16.0. The van der Waals surface area contributed by atoms with Gasteiger partial charge in [0.15, 0.2) is 0 Å². The van der Waals surface area contributed by atoms with E-state index in [1.165, 1.54) is 0 Å². The molecule has 0 amide bonds. The van der Waals surface area contributed by atoms with E-state index < -0.39 is 0 Å². The van der Waals surface area contributed by atoms with Gasteiger partial charge in [-0.15, -0.1) is 0 Å². The zero-order chi connectivity index (χ0) is 23.2. The molecule has 0 aliphatic carbocycles. The number of hydrogen-bond acceptors (Lipinski definition) is 5. The zero-order valence-electron chi connectivity index (χ0n) is 18.1. The highest BCUT2D eigenvalue weighted by molar-refractivity contribution is 5.98. The molecule has 0 spiro atoms. The lowest BCUT2D eigenvalue weighted by Gasteiger charge is -2.09. The Morgan fingerprint density at radius 1 is 0.727 bits per heavy atom. The second kappa shape index (κ2) is 9.91. The molecule has 0 aliphatic heterocycles. The lowest BCUT2D eigenvalue weighted by Crippen LogP contribution is -2.11. The smallest absolute Gasteiger partial charge is 0.135 e. The van der Waals surface area contributed by atoms with E-state index in [2.05, 4.69) is 0 Å². The van der Waals surface area contributed by atoms with Crippen LogP contribution in [0.3, 0.4) is 0 Å². The minimum atomic E-state index is 0.0186. The number of amidine groups is 2. The number of benzene rings is 3. The maximum Gasteiger partial charge on any atom is 0.135 e. The van der Waals surface area contributed by atoms with Crippen LogP contribution in [0.4, 0.5) is 0 Å². The number of unbranched alkanes of at least 4 members (excludes halogenated alkanes) is 1. The summed E-state index contributed by atoms with van der Waals surface area (Å²) in [6.45, 7) is 1.16. The summed E-state index contributed by atoms with van der Waals surface area (Å²) in [6.07, 6.45) is 1.71. The second-order valence-corrected chi connectivity index (χ2v) is 7.65. The molecular formula is C26H26N4O3. The molecular weight excluding hydrogens is 416 g/mol. The maximum atomic E-state index is 7.56. The predicted molar refractivity (Wildman–Crippen MR) is 130 cm³/mol. The Kier molecular flexibility index (Phi) is 6.59. The average Bonchev–Trinajstić information content (AvgIpc) is 3.25. The Labute approximate surface area is 191 Å². The van der Waals surface area contributed by atoms with Crippen LogP contribution in [-0.4, -0.2) is 24.9 Å². The summed E-state index contributed by atoms with van der Waals surface area (Å²) in [6, 6.07) is 22.5. The standard InChI is InChI=1S/C26H26N4O3/c27-25(28)19-4-3-5-22(14-19)32-13-2-1-12-31-21-10-8-17(9-11-21)23-15-18-6-7-20(26(29)30)16-24(18)33-23/h3-11,14-16H,1-2,12-13H2,(H3,27,28)(H3,29,30). The number of rotatable bonds is 10. The van der Waals surface area contributed by atoms with Crippen LogP contribution in [-0.2, 0) is 0 Å². The third-order valence-electron chi connectivity index (χ3n) is 5.19. The molecule has 3 aromatic carbocycles. The summed E-state index contributed by atoms with van der Waals surface area (Å²) in [5.74, 6) is 2.31. The molecule has 0 saturated carbocycles. The Morgan fingerprint density at radius 3 is 2.09 bits per heavy atom. The summed E-state index contributed by atoms with van der Waals surface area (Å²) in [5.41, 5.74) is 14.0. The van der Waals surface area contributed by atoms with Crippen LogP contribution >= 0.6 is 0 Å². The quantitative estimate of drug-likeness (QED) is 0.157. The molecule has 1 aromatic heterocycles. The van der Waals surface area contributed by atoms with E-state index in [1.54, 1.807) is 18.2 Å². The number of fused-ring (bicyclic) bond motifs is 1. The molecule has 0 atom stereocenters. The summed E-state index contributed by atoms with van der Waals surface area (Å²) >= 11 is 0. The van der Waals surface area contributed by atoms with Crippen LogP contribution < -0.4 is 20.9 Å². The van der Waals surface area contributed by atoms with Gasteiger partial charge in [-0.2, -0.15) is 0 Å². The van der Waals surface area contributed by atoms with Gasteiger partial charge >= 0.3 is 0 Å². The molecule has 168 valence electrons. The largest absolute Gasteiger partial charge is 0.494 e. The van der Waals surface area contributed by atoms with Crippen molar-refractivity contribution in [2.24, 2.45) is 11.5 Å². The topological polar surface area (TPSA) is 131 Å². The van der Waals surface area contributed by atoms with Gasteiger partial charge < -0.3 is 25.4 Å². The van der Waals surface area contributed by atoms with Crippen LogP contribution in [0.25, 0.3) is 22.3 Å². The Hall–Kier alpha value is -4.26. The molecule has 1 heterocycles. The van der Waals surface area contributed by atoms with Crippen molar-refractivity contribution in [3.63, 3.8) is 0 Å². The van der Waals surface area contributed by atoms with E-state index in [-0.39, 0.29) is 11.7 Å². The number of ether oxygens (including phenoxy) is 2. The number of hydrogen-bond donors (Lipinski definition) is 4. The van der Waals surface area contributed by atoms with Crippen molar-refractivity contribution in [2.75, 3.05) is 13.2 Å². The molecule has 7 heteroatoms. The summed E-state index contributed by atoms with van der Waals surface area (Å²) in [4.78, 5) is 0. The van der Waals surface area contributed by atoms with Crippen molar-refractivity contribution in [1.29, 1.82) is 10.8 Å². The first-order valence-electron chi connectivity index (χ1n) is 10.7. The van der Waals surface area contributed by atoms with Gasteiger partial charge in [-0.05, 0) is 61.4 Å². The fraction of sp³-hybridized carbons (Fsp3) is 0.154. The van der Waals surface area contributed by atoms with Gasteiger partial charge in [0, 0.05) is 22.1 Å². The fourth-order valence-electron chi connectivity index (χ4n) is 3.39. The fourth-order valence-corrected chi connectivity index (χ4v) is 3.39. The Balaban J connectivity index is 1.24. The van der Waals surface area contributed by atoms with Crippen LogP contribution in [0.1, 0.15) is 24.0 Å². The van der Waals surface area contributed by atoms with Crippen LogP contribution in [0.5, 0.6) is 11.5 Å². The van der Waals surface area contributed by atoms with Crippen molar-refractivity contribution < 1.29 is 13.9 Å². The molecule has 4 aromatic rings. The molecule has 6 N–H and O–H groups in total. The number of nitrogens with two attached hydrogens (primary N) is 2. The van der Waals surface area contributed by atoms with E-state index in [9.17, 15) is 0 Å². The van der Waals surface area contributed by atoms with Crippen molar-refractivity contribution in [2.45, 2.75) is 12.8 Å². The number of furan rings is 1. The van der Waals surface area contributed by atoms with E-state index in [1.807, 2.05) is 54.6 Å². The van der Waals surface area contributed by atoms with Crippen molar-refractivity contribution in [3.8, 4) is 22.8 Å². The minimum Gasteiger partial charge on any atom is -0.494 e. The summed E-state index contributed by atoms with van der Waals surface area (Å²) < 4.78 is 17.5. The van der Waals surface area contributed by atoms with Gasteiger partial charge in [0.1, 0.15) is 34.5 Å². The highest BCUT2D eigenvalue weighted by atomic mass is 16.5. The minimum absolute atomic E-state index is 0.0186. The molecule has 0 radical (unpaired) electrons. The lowest BCUT2D eigenvalue weighted by atomic mass is 10.1. The van der Waals surface area contributed by atoms with Gasteiger partial charge in [0.2, 0.25) is 0 Å². The van der Waals surface area contributed by atoms with Crippen molar-refractivity contribution in [3.05, 3.63) is 83.9 Å². The van der Waals surface area contributed by atoms with E-state index in [4.69, 9.17) is 36.2 Å². The van der Waals surface area contributed by atoms with E-state index in [0.717, 1.165) is 35.3 Å². The SMILES string of the molecule is N=C(N)c1cccc(OCCCCOc2ccc(-c3cc4ccc(C(=N)N)cc4o3)cc2)c1. The first-order valence-corrected chi connectivity index (χ1v) is 10.7. The molecule has 7 nitrogen and oxygen atoms in total. The molecule has 0 bridgehead atoms. The van der Waals surface area contributed by atoms with Gasteiger partial charge in [0.05, 0.1) is 13.2 Å². The van der Waals surface area contributed by atoms with Gasteiger partial charge in [-0.1, -0.05) is 24.3 Å². The van der Waals surface area contributed by atoms with Gasteiger partial charge in [-0.25, -0.2) is 0 Å². The number of nitrogens with one attached hydrogen (secondary N) is 2. The molecule has 0 fully saturated rings. The molecule has 0 unspecified atom stereocenters. The third kappa shape index (κ3) is 5.51. The average molecular weight is 443 g/mol. The zero-order valence-corrected chi connectivity index (χ0v) is 18.1. The van der Waals surface area contributed by atoms with Crippen LogP contribution in [0.15, 0.2) is 77.2 Å². The first kappa shape index (κ1) is 22.0. The highest BCUT2D eigenvalue weighted by Crippen LogP contribution is 2.29. The first-order chi connectivity index (χ1) is 16.0. The van der Waals surface area contributed by atoms with Crippen molar-refractivity contribution in [1.82, 2.24) is 0 Å². The second-order valence-electron chi connectivity index (χ2n) is 7.65. The van der Waals surface area contributed by atoms with Gasteiger partial charge in [-0.3, -0.25) is 10.8 Å². The third-order valence-corrected chi connectivity index (χ3v) is 5.19. The number of nitrogen functional groups attached to an aromatic ring is 2. The lowest BCUT2D eigenvalue weighted by molar-refractivity contribution is 0.266. The molecule has 33 heavy (non-hydrogen) atoms.